The van der Waals surface area contributed by atoms with Crippen molar-refractivity contribution in [1.82, 2.24) is 15.4 Å². The number of hydrogen-bond donors (Lipinski definition) is 3. The van der Waals surface area contributed by atoms with Crippen LogP contribution in [0.5, 0.6) is 0 Å². The third-order valence-electron chi connectivity index (χ3n) is 3.32. The molecule has 2 rings (SSSR count). The summed E-state index contributed by atoms with van der Waals surface area (Å²) in [7, 11) is -3.36. The molecule has 25 heavy (non-hydrogen) atoms. The summed E-state index contributed by atoms with van der Waals surface area (Å²) in [5, 5.41) is 6.09. The van der Waals surface area contributed by atoms with E-state index in [1.807, 2.05) is 43.3 Å². The zero-order valence-corrected chi connectivity index (χ0v) is 15.1. The van der Waals surface area contributed by atoms with Crippen molar-refractivity contribution in [2.45, 2.75) is 20.0 Å². The number of aliphatic imine (C=N–C) groups is 1. The molecule has 1 aromatic heterocycles. The first-order valence-corrected chi connectivity index (χ1v) is 9.80. The highest BCUT2D eigenvalue weighted by Crippen LogP contribution is 2.01. The molecule has 0 saturated heterocycles. The molecule has 0 atom stereocenters. The van der Waals surface area contributed by atoms with Gasteiger partial charge in [-0.15, -0.1) is 0 Å². The second-order valence-electron chi connectivity index (χ2n) is 5.33. The zero-order valence-electron chi connectivity index (χ0n) is 14.2. The third-order valence-corrected chi connectivity index (χ3v) is 4.65. The smallest absolute Gasteiger partial charge is 0.213 e. The van der Waals surface area contributed by atoms with Crippen molar-refractivity contribution in [3.8, 4) is 0 Å². The normalized spacial score (nSPS) is 12.1. The fraction of sp³-hybridized carbons (Fsp3) is 0.353. The largest absolute Gasteiger partial charge is 0.467 e. The van der Waals surface area contributed by atoms with Crippen LogP contribution in [0.15, 0.2) is 58.1 Å². The van der Waals surface area contributed by atoms with Crippen LogP contribution in [-0.2, 0) is 23.1 Å². The topological polar surface area (TPSA) is 95.7 Å². The third kappa shape index (κ3) is 7.40. The van der Waals surface area contributed by atoms with E-state index in [2.05, 4.69) is 20.3 Å². The van der Waals surface area contributed by atoms with E-state index in [4.69, 9.17) is 4.42 Å². The van der Waals surface area contributed by atoms with Gasteiger partial charge in [0.25, 0.3) is 0 Å². The Hall–Kier alpha value is -2.32. The van der Waals surface area contributed by atoms with Gasteiger partial charge in [-0.05, 0) is 24.6 Å². The van der Waals surface area contributed by atoms with Crippen LogP contribution >= 0.6 is 0 Å². The number of hydrogen-bond acceptors (Lipinski definition) is 4. The van der Waals surface area contributed by atoms with Crippen molar-refractivity contribution in [3.05, 3.63) is 60.1 Å². The van der Waals surface area contributed by atoms with Crippen LogP contribution in [0.25, 0.3) is 0 Å². The number of sulfonamides is 1. The molecular weight excluding hydrogens is 340 g/mol. The van der Waals surface area contributed by atoms with E-state index < -0.39 is 10.0 Å². The first-order chi connectivity index (χ1) is 12.1. The van der Waals surface area contributed by atoms with Crippen molar-refractivity contribution < 1.29 is 12.8 Å². The summed E-state index contributed by atoms with van der Waals surface area (Å²) < 4.78 is 31.9. The molecule has 8 heteroatoms. The monoisotopic (exact) mass is 364 g/mol. The first kappa shape index (κ1) is 19.0. The Morgan fingerprint density at radius 2 is 1.92 bits per heavy atom. The van der Waals surface area contributed by atoms with Gasteiger partial charge in [0.2, 0.25) is 10.0 Å². The van der Waals surface area contributed by atoms with E-state index in [0.29, 0.717) is 19.0 Å². The van der Waals surface area contributed by atoms with E-state index >= 15 is 0 Å². The number of nitrogens with one attached hydrogen (secondary N) is 3. The Balaban J connectivity index is 1.78. The van der Waals surface area contributed by atoms with Crippen LogP contribution in [0, 0.1) is 0 Å². The molecule has 0 unspecified atom stereocenters. The van der Waals surface area contributed by atoms with Gasteiger partial charge >= 0.3 is 0 Å². The minimum Gasteiger partial charge on any atom is -0.467 e. The van der Waals surface area contributed by atoms with Gasteiger partial charge in [0.15, 0.2) is 5.96 Å². The molecule has 0 amide bonds. The number of rotatable bonds is 9. The molecule has 1 aromatic carbocycles. The van der Waals surface area contributed by atoms with E-state index in [9.17, 15) is 8.42 Å². The minimum absolute atomic E-state index is 0.0367. The summed E-state index contributed by atoms with van der Waals surface area (Å²) >= 11 is 0. The lowest BCUT2D eigenvalue weighted by atomic mass is 10.2. The Morgan fingerprint density at radius 3 is 2.60 bits per heavy atom. The quantitative estimate of drug-likeness (QED) is 0.462. The second kappa shape index (κ2) is 9.85. The van der Waals surface area contributed by atoms with Gasteiger partial charge in [-0.1, -0.05) is 30.3 Å². The maximum Gasteiger partial charge on any atom is 0.213 e. The molecule has 7 nitrogen and oxygen atoms in total. The summed E-state index contributed by atoms with van der Waals surface area (Å²) in [6.45, 7) is 3.57. The van der Waals surface area contributed by atoms with Crippen LogP contribution in [0.2, 0.25) is 0 Å². The van der Waals surface area contributed by atoms with Gasteiger partial charge in [-0.25, -0.2) is 18.1 Å². The van der Waals surface area contributed by atoms with Gasteiger partial charge in [0.05, 0.1) is 12.0 Å². The molecule has 3 N–H and O–H groups in total. The van der Waals surface area contributed by atoms with Crippen molar-refractivity contribution in [2.75, 3.05) is 18.8 Å². The Labute approximate surface area is 148 Å². The van der Waals surface area contributed by atoms with Gasteiger partial charge in [0, 0.05) is 19.6 Å². The highest BCUT2D eigenvalue weighted by atomic mass is 32.2. The van der Waals surface area contributed by atoms with Crippen molar-refractivity contribution in [3.63, 3.8) is 0 Å². The lowest BCUT2D eigenvalue weighted by Crippen LogP contribution is -2.41. The Kier molecular flexibility index (Phi) is 7.49. The molecular formula is C17H24N4O3S. The summed E-state index contributed by atoms with van der Waals surface area (Å²) in [5.74, 6) is 1.26. The van der Waals surface area contributed by atoms with E-state index in [1.54, 1.807) is 12.3 Å². The number of guanidine groups is 1. The molecule has 0 saturated carbocycles. The van der Waals surface area contributed by atoms with Gasteiger partial charge in [-0.2, -0.15) is 0 Å². The Bertz CT molecular complexity index is 743. The average Bonchev–Trinajstić information content (AvgIpc) is 3.12. The van der Waals surface area contributed by atoms with Gasteiger partial charge in [-0.3, -0.25) is 0 Å². The zero-order chi connectivity index (χ0) is 18.0. The Morgan fingerprint density at radius 1 is 1.12 bits per heavy atom. The fourth-order valence-electron chi connectivity index (χ4n) is 2.07. The van der Waals surface area contributed by atoms with Crippen LogP contribution < -0.4 is 15.4 Å². The number of benzene rings is 1. The van der Waals surface area contributed by atoms with E-state index in [1.165, 1.54) is 0 Å². The summed E-state index contributed by atoms with van der Waals surface area (Å²) in [4.78, 5) is 4.35. The molecule has 0 aliphatic heterocycles. The average molecular weight is 364 g/mol. The maximum absolute atomic E-state index is 12.1. The van der Waals surface area contributed by atoms with Crippen LogP contribution in [0.1, 0.15) is 18.2 Å². The molecule has 0 radical (unpaired) electrons. The lowest BCUT2D eigenvalue weighted by Gasteiger charge is -2.12. The minimum atomic E-state index is -3.36. The molecule has 0 fully saturated rings. The van der Waals surface area contributed by atoms with Crippen LogP contribution in [-0.4, -0.2) is 33.2 Å². The highest BCUT2D eigenvalue weighted by molar-refractivity contribution is 7.89. The number of furan rings is 1. The SMILES string of the molecule is CCNC(=NCc1ccco1)NCCS(=O)(=O)NCc1ccccc1. The van der Waals surface area contributed by atoms with E-state index in [0.717, 1.165) is 11.3 Å². The highest BCUT2D eigenvalue weighted by Gasteiger charge is 2.10. The standard InChI is InChI=1S/C17H24N4O3S/c1-2-18-17(20-14-16-9-6-11-24-16)19-10-12-25(22,23)21-13-15-7-4-3-5-8-15/h3-9,11,21H,2,10,12-14H2,1H3,(H2,18,19,20). The molecule has 2 aromatic rings. The van der Waals surface area contributed by atoms with Gasteiger partial charge in [0.1, 0.15) is 12.3 Å². The van der Waals surface area contributed by atoms with E-state index in [-0.39, 0.29) is 18.8 Å². The molecule has 0 aliphatic carbocycles. The molecule has 1 heterocycles. The van der Waals surface area contributed by atoms with Gasteiger partial charge < -0.3 is 15.1 Å². The summed E-state index contributed by atoms with van der Waals surface area (Å²) in [6, 6.07) is 13.1. The lowest BCUT2D eigenvalue weighted by molar-refractivity contribution is 0.512. The molecule has 136 valence electrons. The fourth-order valence-corrected chi connectivity index (χ4v) is 2.97. The predicted molar refractivity (Wildman–Crippen MR) is 98.6 cm³/mol. The molecule has 0 spiro atoms. The second-order valence-corrected chi connectivity index (χ2v) is 7.25. The molecule has 0 aliphatic rings. The first-order valence-electron chi connectivity index (χ1n) is 8.15. The summed E-state index contributed by atoms with van der Waals surface area (Å²) in [6.07, 6.45) is 1.59. The van der Waals surface area contributed by atoms with Crippen LogP contribution in [0.4, 0.5) is 0 Å². The number of nitrogens with zero attached hydrogens (tertiary/aromatic N) is 1. The van der Waals surface area contributed by atoms with Crippen molar-refractivity contribution in [1.29, 1.82) is 0 Å². The molecule has 0 bridgehead atoms. The maximum atomic E-state index is 12.1. The summed E-state index contributed by atoms with van der Waals surface area (Å²) in [5.41, 5.74) is 0.924. The predicted octanol–water partition coefficient (Wildman–Crippen LogP) is 1.45. The van der Waals surface area contributed by atoms with Crippen molar-refractivity contribution in [2.24, 2.45) is 4.99 Å². The van der Waals surface area contributed by atoms with Crippen molar-refractivity contribution >= 4 is 16.0 Å². The van der Waals surface area contributed by atoms with Crippen LogP contribution in [0.3, 0.4) is 0 Å².